The number of hydrogen-bond donors (Lipinski definition) is 6. The smallest absolute Gasteiger partial charge is 0.373 e. The molecule has 1 saturated heterocycles. The molecule has 0 spiro atoms. The molecule has 0 radical (unpaired) electrons. The number of rotatable bonds is 13. The summed E-state index contributed by atoms with van der Waals surface area (Å²) in [6.45, 7) is 8.92. The predicted molar refractivity (Wildman–Crippen MR) is 192 cm³/mol. The van der Waals surface area contributed by atoms with Gasteiger partial charge in [-0.2, -0.15) is 8.62 Å². The van der Waals surface area contributed by atoms with E-state index in [1.54, 1.807) is 0 Å². The molecule has 3 heterocycles. The van der Waals surface area contributed by atoms with E-state index in [0.29, 0.717) is 0 Å². The maximum atomic E-state index is 12.4. The lowest BCUT2D eigenvalue weighted by atomic mass is 9.94. The topological polar surface area (TPSA) is 309 Å². The summed E-state index contributed by atoms with van der Waals surface area (Å²) in [5.74, 6) is 0. The van der Waals surface area contributed by atoms with Gasteiger partial charge in [0.1, 0.15) is 11.9 Å². The lowest BCUT2D eigenvalue weighted by molar-refractivity contribution is -0.0267. The van der Waals surface area contributed by atoms with E-state index >= 15 is 0 Å². The van der Waals surface area contributed by atoms with Gasteiger partial charge in [-0.1, -0.05) is 41.4 Å². The van der Waals surface area contributed by atoms with Crippen LogP contribution >= 0.6 is 23.5 Å². The Morgan fingerprint density at radius 1 is 0.962 bits per heavy atom. The molecule has 0 bridgehead atoms. The van der Waals surface area contributed by atoms with E-state index in [-0.39, 0.29) is 17.5 Å². The van der Waals surface area contributed by atoms with Crippen LogP contribution in [0.2, 0.25) is 0 Å². The Labute approximate surface area is 302 Å². The summed E-state index contributed by atoms with van der Waals surface area (Å²) < 4.78 is 51.8. The molecule has 0 amide bonds. The number of aryl methyl sites for hydroxylation is 4. The van der Waals surface area contributed by atoms with Crippen molar-refractivity contribution < 1.29 is 51.2 Å². The lowest BCUT2D eigenvalue weighted by Gasteiger charge is -2.21. The van der Waals surface area contributed by atoms with Crippen molar-refractivity contribution in [1.29, 1.82) is 0 Å². The van der Waals surface area contributed by atoms with Gasteiger partial charge < -0.3 is 34.2 Å². The van der Waals surface area contributed by atoms with E-state index in [4.69, 9.17) is 24.9 Å². The maximum Gasteiger partial charge on any atom is 0.490 e. The third-order valence-electron chi connectivity index (χ3n) is 7.76. The van der Waals surface area contributed by atoms with Crippen molar-refractivity contribution >= 4 is 29.2 Å². The monoisotopic (exact) mass is 805 g/mol. The van der Waals surface area contributed by atoms with Crippen LogP contribution in [0, 0.1) is 27.7 Å². The molecular formula is C29H42N7O14P3. The zero-order valence-corrected chi connectivity index (χ0v) is 32.5. The number of benzene rings is 1. The second-order valence-corrected chi connectivity index (χ2v) is 16.7. The first-order chi connectivity index (χ1) is 24.5. The Balaban J connectivity index is 0.000000302. The molecule has 2 unspecified atom stereocenters. The van der Waals surface area contributed by atoms with Crippen LogP contribution in [0.1, 0.15) is 58.6 Å². The van der Waals surface area contributed by atoms with E-state index in [0.717, 1.165) is 34.4 Å². The summed E-state index contributed by atoms with van der Waals surface area (Å²) in [6, 6.07) is 5.56. The van der Waals surface area contributed by atoms with Crippen molar-refractivity contribution in [3.8, 4) is 0 Å². The first-order valence-electron chi connectivity index (χ1n) is 15.7. The number of aromatic amines is 2. The van der Waals surface area contributed by atoms with Gasteiger partial charge in [-0.3, -0.25) is 23.7 Å². The molecule has 5 atom stereocenters. The zero-order chi connectivity index (χ0) is 40.1. The number of phosphoric ester groups is 1. The van der Waals surface area contributed by atoms with Crippen LogP contribution in [0.4, 0.5) is 5.69 Å². The summed E-state index contributed by atoms with van der Waals surface area (Å²) >= 11 is 0. The first kappa shape index (κ1) is 43.7. The van der Waals surface area contributed by atoms with Crippen LogP contribution < -0.4 is 21.7 Å². The Bertz CT molecular complexity index is 2170. The maximum absolute atomic E-state index is 12.4. The second-order valence-electron chi connectivity index (χ2n) is 12.3. The fraction of sp³-hybridized carbons (Fsp3) is 0.483. The Morgan fingerprint density at radius 2 is 1.58 bits per heavy atom. The van der Waals surface area contributed by atoms with Crippen LogP contribution in [0.3, 0.4) is 0 Å². The minimum Gasteiger partial charge on any atom is -0.373 e. The standard InChI is InChI=1S/C19H26N2O.C10H16N5O13P3/c1-7-16-14(4)20-19(22)18(21(5)6)17(16)11-15-9-12(2)8-13(3)10-15;1-5-3-15(10(17)12-9(5)16)8-2-6(13-14-11)7(26-8)4-25-30(21,22)28-31(23,24)27-29(18,19)20/h8-10H,7,11H2,1-6H3,(H,20,22);3,6-8H,2,4H2,1H3,(H,21,22)(H,23,24)(H,12,16,17)(H2,18,19,20)/t;6-,7+,8+/m.0/s1. The van der Waals surface area contributed by atoms with Gasteiger partial charge >= 0.3 is 29.2 Å². The van der Waals surface area contributed by atoms with Gasteiger partial charge in [-0.15, -0.1) is 0 Å². The third-order valence-corrected chi connectivity index (χ3v) is 11.6. The average Bonchev–Trinajstić information content (AvgIpc) is 3.38. The molecule has 1 fully saturated rings. The molecule has 53 heavy (non-hydrogen) atoms. The second kappa shape index (κ2) is 17.6. The lowest BCUT2D eigenvalue weighted by Crippen LogP contribution is -2.33. The van der Waals surface area contributed by atoms with Gasteiger partial charge in [0, 0.05) is 49.3 Å². The van der Waals surface area contributed by atoms with Gasteiger partial charge in [0.25, 0.3) is 11.1 Å². The summed E-state index contributed by atoms with van der Waals surface area (Å²) in [4.78, 5) is 81.0. The molecule has 6 N–H and O–H groups in total. The Kier molecular flexibility index (Phi) is 14.6. The van der Waals surface area contributed by atoms with Crippen molar-refractivity contribution in [3.05, 3.63) is 105 Å². The molecule has 21 nitrogen and oxygen atoms in total. The molecule has 3 aromatic rings. The SMILES string of the molecule is CCc1c(C)[nH]c(=O)c(N(C)C)c1Cc1cc(C)cc(C)c1.Cc1cn([C@H]2C[C@H](N=[N+]=[N-])[C@@H](COP(=O)(O)OP(=O)(O)OP(=O)(O)O)O2)c(=O)[nH]c1=O. The Morgan fingerprint density at radius 3 is 2.13 bits per heavy atom. The quantitative estimate of drug-likeness (QED) is 0.0621. The molecule has 1 aliphatic rings. The van der Waals surface area contributed by atoms with Crippen LogP contribution in [-0.4, -0.2) is 67.0 Å². The minimum absolute atomic E-state index is 0.000856. The van der Waals surface area contributed by atoms with Crippen molar-refractivity contribution in [2.75, 3.05) is 25.6 Å². The van der Waals surface area contributed by atoms with E-state index in [2.05, 4.69) is 67.1 Å². The molecule has 1 aliphatic heterocycles. The molecule has 1 aromatic carbocycles. The zero-order valence-electron chi connectivity index (χ0n) is 29.8. The molecule has 2 aromatic heterocycles. The van der Waals surface area contributed by atoms with Crippen LogP contribution in [0.25, 0.3) is 10.4 Å². The van der Waals surface area contributed by atoms with Crippen LogP contribution in [0.15, 0.2) is 43.9 Å². The van der Waals surface area contributed by atoms with Gasteiger partial charge in [0.05, 0.1) is 18.8 Å². The van der Waals surface area contributed by atoms with E-state index in [9.17, 15) is 33.0 Å². The van der Waals surface area contributed by atoms with Gasteiger partial charge in [0.15, 0.2) is 0 Å². The minimum atomic E-state index is -5.70. The molecule has 292 valence electrons. The fourth-order valence-electron chi connectivity index (χ4n) is 5.82. The van der Waals surface area contributed by atoms with E-state index in [1.165, 1.54) is 35.4 Å². The number of aromatic nitrogens is 3. The van der Waals surface area contributed by atoms with Gasteiger partial charge in [-0.25, -0.2) is 18.5 Å². The van der Waals surface area contributed by atoms with Gasteiger partial charge in [-0.05, 0) is 56.3 Å². The number of phosphoric acid groups is 3. The average molecular weight is 806 g/mol. The van der Waals surface area contributed by atoms with Crippen molar-refractivity contribution in [3.63, 3.8) is 0 Å². The number of nitrogens with zero attached hydrogens (tertiary/aromatic N) is 5. The molecule has 0 saturated carbocycles. The number of H-pyrrole nitrogens is 2. The highest BCUT2D eigenvalue weighted by Gasteiger charge is 2.43. The number of hydrogen-bond acceptors (Lipinski definition) is 12. The Hall–Kier alpha value is -3.67. The summed E-state index contributed by atoms with van der Waals surface area (Å²) in [6.07, 6.45) is 0.454. The number of pyridine rings is 1. The number of ether oxygens (including phenoxy) is 1. The molecule has 4 rings (SSSR count). The summed E-state index contributed by atoms with van der Waals surface area (Å²) in [5.41, 5.74) is 15.3. The largest absolute Gasteiger partial charge is 0.490 e. The predicted octanol–water partition coefficient (Wildman–Crippen LogP) is 3.67. The van der Waals surface area contributed by atoms with Gasteiger partial charge in [0.2, 0.25) is 0 Å². The summed E-state index contributed by atoms with van der Waals surface area (Å²) in [7, 11) is -12.8. The van der Waals surface area contributed by atoms with Crippen molar-refractivity contribution in [2.24, 2.45) is 5.11 Å². The van der Waals surface area contributed by atoms with E-state index < -0.39 is 59.7 Å². The molecular weight excluding hydrogens is 763 g/mol. The fourth-order valence-corrected chi connectivity index (χ4v) is 8.85. The van der Waals surface area contributed by atoms with E-state index in [1.807, 2.05) is 30.9 Å². The number of nitrogens with one attached hydrogen (secondary N) is 2. The van der Waals surface area contributed by atoms with Crippen molar-refractivity contribution in [2.45, 2.75) is 72.3 Å². The normalized spacial score (nSPS) is 19.3. The first-order valence-corrected chi connectivity index (χ1v) is 20.3. The van der Waals surface area contributed by atoms with Crippen LogP contribution in [0.5, 0.6) is 0 Å². The highest BCUT2D eigenvalue weighted by atomic mass is 31.3. The molecule has 24 heteroatoms. The highest BCUT2D eigenvalue weighted by Crippen LogP contribution is 2.66. The number of azide groups is 1. The number of anilines is 1. The highest BCUT2D eigenvalue weighted by molar-refractivity contribution is 7.66. The third kappa shape index (κ3) is 12.4. The summed E-state index contributed by atoms with van der Waals surface area (Å²) in [5, 5.41) is 3.42. The van der Waals surface area contributed by atoms with Crippen LogP contribution in [-0.2, 0) is 44.4 Å². The molecule has 0 aliphatic carbocycles. The van der Waals surface area contributed by atoms with Crippen molar-refractivity contribution in [1.82, 2.24) is 14.5 Å².